The molecule has 2 aromatic carbocycles. The van der Waals surface area contributed by atoms with Gasteiger partial charge in [-0.3, -0.25) is 0 Å². The Morgan fingerprint density at radius 1 is 1.06 bits per heavy atom. The van der Waals surface area contributed by atoms with Gasteiger partial charge in [0.25, 0.3) is 0 Å². The van der Waals surface area contributed by atoms with E-state index in [-0.39, 0.29) is 0 Å². The lowest BCUT2D eigenvalue weighted by Gasteiger charge is -2.11. The van der Waals surface area contributed by atoms with Crippen LogP contribution in [0.1, 0.15) is 5.56 Å². The number of methoxy groups -OCH3 is 2. The lowest BCUT2D eigenvalue weighted by atomic mass is 10.0. The predicted octanol–water partition coefficient (Wildman–Crippen LogP) is 2.73. The molecule has 0 aliphatic heterocycles. The van der Waals surface area contributed by atoms with Crippen molar-refractivity contribution in [3.63, 3.8) is 0 Å². The second-order valence-electron chi connectivity index (χ2n) is 3.32. The molecule has 0 aromatic heterocycles. The number of nitriles is 1. The predicted molar refractivity (Wildman–Crippen MR) is 61.8 cm³/mol. The molecular weight excluding hydrogens is 202 g/mol. The smallest absolute Gasteiger partial charge is 0.169 e. The molecule has 3 heteroatoms. The van der Waals surface area contributed by atoms with Crippen molar-refractivity contribution in [1.82, 2.24) is 0 Å². The molecule has 0 aliphatic rings. The van der Waals surface area contributed by atoms with E-state index < -0.39 is 0 Å². The van der Waals surface area contributed by atoms with Crippen molar-refractivity contribution < 1.29 is 9.47 Å². The Morgan fingerprint density at radius 2 is 1.88 bits per heavy atom. The number of hydrogen-bond acceptors (Lipinski definition) is 3. The SMILES string of the molecule is COc1ccc2cccc(C#N)c2c1OC. The van der Waals surface area contributed by atoms with Crippen LogP contribution >= 0.6 is 0 Å². The second-order valence-corrected chi connectivity index (χ2v) is 3.32. The van der Waals surface area contributed by atoms with Gasteiger partial charge in [0.15, 0.2) is 11.5 Å². The van der Waals surface area contributed by atoms with Crippen LogP contribution in [0.15, 0.2) is 30.3 Å². The third kappa shape index (κ3) is 1.45. The summed E-state index contributed by atoms with van der Waals surface area (Å²) in [4.78, 5) is 0. The monoisotopic (exact) mass is 213 g/mol. The maximum atomic E-state index is 9.07. The van der Waals surface area contributed by atoms with E-state index in [2.05, 4.69) is 6.07 Å². The van der Waals surface area contributed by atoms with Crippen LogP contribution in [0.2, 0.25) is 0 Å². The Labute approximate surface area is 93.8 Å². The van der Waals surface area contributed by atoms with Crippen LogP contribution in [0.25, 0.3) is 10.8 Å². The van der Waals surface area contributed by atoms with E-state index >= 15 is 0 Å². The normalized spacial score (nSPS) is 9.81. The quantitative estimate of drug-likeness (QED) is 0.770. The van der Waals surface area contributed by atoms with Gasteiger partial charge in [0.05, 0.1) is 25.9 Å². The van der Waals surface area contributed by atoms with Gasteiger partial charge in [-0.2, -0.15) is 5.26 Å². The minimum atomic E-state index is 0.591. The van der Waals surface area contributed by atoms with Crippen molar-refractivity contribution in [2.75, 3.05) is 14.2 Å². The molecule has 0 bridgehead atoms. The molecule has 2 aromatic rings. The molecule has 0 unspecified atom stereocenters. The first-order valence-electron chi connectivity index (χ1n) is 4.85. The highest BCUT2D eigenvalue weighted by atomic mass is 16.5. The van der Waals surface area contributed by atoms with Gasteiger partial charge in [-0.25, -0.2) is 0 Å². The summed E-state index contributed by atoms with van der Waals surface area (Å²) in [6.45, 7) is 0. The molecule has 0 amide bonds. The van der Waals surface area contributed by atoms with Crippen molar-refractivity contribution in [3.8, 4) is 17.6 Å². The summed E-state index contributed by atoms with van der Waals surface area (Å²) in [6.07, 6.45) is 0. The summed E-state index contributed by atoms with van der Waals surface area (Å²) in [7, 11) is 3.16. The van der Waals surface area contributed by atoms with E-state index in [9.17, 15) is 0 Å². The molecule has 0 N–H and O–H groups in total. The molecule has 0 fully saturated rings. The summed E-state index contributed by atoms with van der Waals surface area (Å²) >= 11 is 0. The van der Waals surface area contributed by atoms with Crippen LogP contribution in [-0.4, -0.2) is 14.2 Å². The topological polar surface area (TPSA) is 42.2 Å². The number of hydrogen-bond donors (Lipinski definition) is 0. The zero-order valence-electron chi connectivity index (χ0n) is 9.15. The number of ether oxygens (including phenoxy) is 2. The lowest BCUT2D eigenvalue weighted by Crippen LogP contribution is -1.93. The van der Waals surface area contributed by atoms with Crippen LogP contribution in [0.4, 0.5) is 0 Å². The maximum absolute atomic E-state index is 9.07. The zero-order chi connectivity index (χ0) is 11.5. The van der Waals surface area contributed by atoms with Crippen LogP contribution < -0.4 is 9.47 Å². The number of fused-ring (bicyclic) bond motifs is 1. The zero-order valence-corrected chi connectivity index (χ0v) is 9.15. The largest absolute Gasteiger partial charge is 0.493 e. The molecule has 0 radical (unpaired) electrons. The number of benzene rings is 2. The molecule has 0 heterocycles. The molecule has 2 rings (SSSR count). The van der Waals surface area contributed by atoms with Gasteiger partial charge in [0.1, 0.15) is 0 Å². The Hall–Kier alpha value is -2.21. The van der Waals surface area contributed by atoms with Crippen LogP contribution in [0, 0.1) is 11.3 Å². The van der Waals surface area contributed by atoms with E-state index in [4.69, 9.17) is 14.7 Å². The van der Waals surface area contributed by atoms with Gasteiger partial charge in [0, 0.05) is 5.39 Å². The standard InChI is InChI=1S/C13H11NO2/c1-15-11-7-6-9-4-3-5-10(8-14)12(9)13(11)16-2/h3-7H,1-2H3. The van der Waals surface area contributed by atoms with E-state index in [1.54, 1.807) is 20.3 Å². The first-order valence-corrected chi connectivity index (χ1v) is 4.85. The van der Waals surface area contributed by atoms with E-state index in [0.717, 1.165) is 10.8 Å². The summed E-state index contributed by atoms with van der Waals surface area (Å²) in [5.41, 5.74) is 0.591. The second kappa shape index (κ2) is 4.11. The number of rotatable bonds is 2. The Bertz CT molecular complexity index is 570. The third-order valence-electron chi connectivity index (χ3n) is 2.51. The van der Waals surface area contributed by atoms with Crippen molar-refractivity contribution >= 4 is 10.8 Å². The Balaban J connectivity index is 2.90. The highest BCUT2D eigenvalue weighted by Crippen LogP contribution is 2.36. The van der Waals surface area contributed by atoms with Crippen molar-refractivity contribution in [2.45, 2.75) is 0 Å². The molecule has 0 aliphatic carbocycles. The molecule has 3 nitrogen and oxygen atoms in total. The van der Waals surface area contributed by atoms with Crippen LogP contribution in [0.3, 0.4) is 0 Å². The first kappa shape index (κ1) is 10.3. The Morgan fingerprint density at radius 3 is 2.50 bits per heavy atom. The molecule has 0 saturated carbocycles. The maximum Gasteiger partial charge on any atom is 0.169 e. The third-order valence-corrected chi connectivity index (χ3v) is 2.51. The van der Waals surface area contributed by atoms with Gasteiger partial charge in [-0.15, -0.1) is 0 Å². The van der Waals surface area contributed by atoms with Gasteiger partial charge >= 0.3 is 0 Å². The van der Waals surface area contributed by atoms with Crippen molar-refractivity contribution in [1.29, 1.82) is 5.26 Å². The minimum absolute atomic E-state index is 0.591. The highest BCUT2D eigenvalue weighted by molar-refractivity contribution is 5.95. The van der Waals surface area contributed by atoms with Crippen molar-refractivity contribution in [2.24, 2.45) is 0 Å². The average Bonchev–Trinajstić information content (AvgIpc) is 2.36. The summed E-state index contributed by atoms with van der Waals surface area (Å²) < 4.78 is 10.5. The van der Waals surface area contributed by atoms with Gasteiger partial charge in [-0.1, -0.05) is 18.2 Å². The average molecular weight is 213 g/mol. The molecule has 0 spiro atoms. The first-order chi connectivity index (χ1) is 7.81. The molecule has 0 atom stereocenters. The lowest BCUT2D eigenvalue weighted by molar-refractivity contribution is 0.358. The van der Waals surface area contributed by atoms with E-state index in [1.807, 2.05) is 24.3 Å². The van der Waals surface area contributed by atoms with Crippen LogP contribution in [-0.2, 0) is 0 Å². The fourth-order valence-electron chi connectivity index (χ4n) is 1.78. The summed E-state index contributed by atoms with van der Waals surface area (Å²) in [5.74, 6) is 1.25. The van der Waals surface area contributed by atoms with Gasteiger partial charge < -0.3 is 9.47 Å². The molecule has 16 heavy (non-hydrogen) atoms. The van der Waals surface area contributed by atoms with E-state index in [1.165, 1.54) is 0 Å². The molecule has 0 saturated heterocycles. The minimum Gasteiger partial charge on any atom is -0.493 e. The van der Waals surface area contributed by atoms with Crippen molar-refractivity contribution in [3.05, 3.63) is 35.9 Å². The molecular formula is C13H11NO2. The molecule has 80 valence electrons. The fraction of sp³-hybridized carbons (Fsp3) is 0.154. The number of nitrogens with zero attached hydrogens (tertiary/aromatic N) is 1. The Kier molecular flexibility index (Phi) is 2.65. The summed E-state index contributed by atoms with van der Waals surface area (Å²) in [5, 5.41) is 10.8. The highest BCUT2D eigenvalue weighted by Gasteiger charge is 2.11. The fourth-order valence-corrected chi connectivity index (χ4v) is 1.78. The van der Waals surface area contributed by atoms with E-state index in [0.29, 0.717) is 17.1 Å². The van der Waals surface area contributed by atoms with Gasteiger partial charge in [-0.05, 0) is 17.5 Å². The van der Waals surface area contributed by atoms with Crippen LogP contribution in [0.5, 0.6) is 11.5 Å². The van der Waals surface area contributed by atoms with Gasteiger partial charge in [0.2, 0.25) is 0 Å². The summed E-state index contributed by atoms with van der Waals surface area (Å²) in [6, 6.07) is 11.5.